The lowest BCUT2D eigenvalue weighted by molar-refractivity contribution is -0.143. The molecule has 0 bridgehead atoms. The van der Waals surface area contributed by atoms with Crippen molar-refractivity contribution in [1.82, 2.24) is 4.90 Å². The monoisotopic (exact) mass is 443 g/mol. The van der Waals surface area contributed by atoms with E-state index >= 15 is 0 Å². The normalized spacial score (nSPS) is 15.8. The third-order valence-electron chi connectivity index (χ3n) is 5.87. The molecular formula is C25H33NO6. The molecule has 3 rings (SSSR count). The van der Waals surface area contributed by atoms with E-state index in [2.05, 4.69) is 4.90 Å². The maximum absolute atomic E-state index is 11.5. The molecule has 32 heavy (non-hydrogen) atoms. The van der Waals surface area contributed by atoms with Crippen molar-refractivity contribution in [2.45, 2.75) is 32.7 Å². The molecule has 1 unspecified atom stereocenters. The van der Waals surface area contributed by atoms with Gasteiger partial charge in [-0.15, -0.1) is 0 Å². The first-order valence-corrected chi connectivity index (χ1v) is 11.1. The van der Waals surface area contributed by atoms with Crippen molar-refractivity contribution in [3.8, 4) is 23.0 Å². The van der Waals surface area contributed by atoms with Gasteiger partial charge in [0.1, 0.15) is 11.5 Å². The van der Waals surface area contributed by atoms with Crippen LogP contribution in [0.1, 0.15) is 43.9 Å². The van der Waals surface area contributed by atoms with Crippen LogP contribution in [0.15, 0.2) is 36.4 Å². The average Bonchev–Trinajstić information content (AvgIpc) is 2.81. The van der Waals surface area contributed by atoms with Gasteiger partial charge >= 0.3 is 5.97 Å². The third-order valence-corrected chi connectivity index (χ3v) is 5.87. The van der Waals surface area contributed by atoms with E-state index in [1.54, 1.807) is 14.2 Å². The van der Waals surface area contributed by atoms with Crippen LogP contribution in [0.2, 0.25) is 0 Å². The van der Waals surface area contributed by atoms with Crippen molar-refractivity contribution in [3.05, 3.63) is 47.5 Å². The molecular weight excluding hydrogens is 410 g/mol. The van der Waals surface area contributed by atoms with Gasteiger partial charge in [0.15, 0.2) is 11.5 Å². The second-order valence-corrected chi connectivity index (χ2v) is 7.70. The van der Waals surface area contributed by atoms with Crippen LogP contribution >= 0.6 is 0 Å². The molecule has 1 aliphatic heterocycles. The van der Waals surface area contributed by atoms with Gasteiger partial charge in [0, 0.05) is 0 Å². The lowest BCUT2D eigenvalue weighted by atomic mass is 9.90. The molecule has 1 atom stereocenters. The highest BCUT2D eigenvalue weighted by atomic mass is 16.5. The van der Waals surface area contributed by atoms with E-state index in [0.717, 1.165) is 22.6 Å². The minimum atomic E-state index is -0.726. The molecule has 0 spiro atoms. The Balaban J connectivity index is 2.10. The first-order valence-electron chi connectivity index (χ1n) is 11.1. The maximum Gasteiger partial charge on any atom is 0.306 e. The standard InChI is InChI=1S/C25H33NO6/c1-5-31-19-11-10-18(16-22(19)32-6-2)24(26-14-12-17(13-15-26)25(27)28)23-20(29-3)8-7-9-21(23)30-4/h7-11,16-17,24H,5-6,12-15H2,1-4H3,(H,27,28). The maximum atomic E-state index is 11.5. The number of benzene rings is 2. The average molecular weight is 444 g/mol. The summed E-state index contributed by atoms with van der Waals surface area (Å²) in [6.45, 7) is 6.26. The second-order valence-electron chi connectivity index (χ2n) is 7.70. The Labute approximate surface area is 189 Å². The topological polar surface area (TPSA) is 77.5 Å². The van der Waals surface area contributed by atoms with Crippen molar-refractivity contribution in [1.29, 1.82) is 0 Å². The predicted octanol–water partition coefficient (Wildman–Crippen LogP) is 4.39. The molecule has 7 heteroatoms. The Hall–Kier alpha value is -2.93. The van der Waals surface area contributed by atoms with Crippen LogP contribution in [0, 0.1) is 5.92 Å². The highest BCUT2D eigenvalue weighted by molar-refractivity contribution is 5.70. The molecule has 1 fully saturated rings. The SMILES string of the molecule is CCOc1ccc(C(c2c(OC)cccc2OC)N2CCC(C(=O)O)CC2)cc1OCC. The van der Waals surface area contributed by atoms with E-state index in [9.17, 15) is 9.90 Å². The Morgan fingerprint density at radius 2 is 1.56 bits per heavy atom. The van der Waals surface area contributed by atoms with Gasteiger partial charge in [0.2, 0.25) is 0 Å². The van der Waals surface area contributed by atoms with Crippen LogP contribution in [0.4, 0.5) is 0 Å². The van der Waals surface area contributed by atoms with Gasteiger partial charge in [-0.05, 0) is 69.6 Å². The molecule has 174 valence electrons. The van der Waals surface area contributed by atoms with E-state index < -0.39 is 5.97 Å². The zero-order valence-electron chi connectivity index (χ0n) is 19.3. The van der Waals surface area contributed by atoms with Crippen LogP contribution in [0.3, 0.4) is 0 Å². The summed E-state index contributed by atoms with van der Waals surface area (Å²) < 4.78 is 23.1. The van der Waals surface area contributed by atoms with Crippen molar-refractivity contribution in [3.63, 3.8) is 0 Å². The van der Waals surface area contributed by atoms with Crippen LogP contribution in [-0.2, 0) is 4.79 Å². The zero-order valence-corrected chi connectivity index (χ0v) is 19.3. The van der Waals surface area contributed by atoms with E-state index in [-0.39, 0.29) is 12.0 Å². The van der Waals surface area contributed by atoms with Crippen LogP contribution in [0.25, 0.3) is 0 Å². The summed E-state index contributed by atoms with van der Waals surface area (Å²) in [5, 5.41) is 9.45. The van der Waals surface area contributed by atoms with Crippen LogP contribution in [-0.4, -0.2) is 56.5 Å². The summed E-state index contributed by atoms with van der Waals surface area (Å²) >= 11 is 0. The Bertz CT molecular complexity index is 885. The molecule has 1 heterocycles. The van der Waals surface area contributed by atoms with Crippen LogP contribution < -0.4 is 18.9 Å². The fraction of sp³-hybridized carbons (Fsp3) is 0.480. The van der Waals surface area contributed by atoms with Gasteiger partial charge in [0.05, 0.1) is 45.0 Å². The molecule has 7 nitrogen and oxygen atoms in total. The summed E-state index contributed by atoms with van der Waals surface area (Å²) in [7, 11) is 3.30. The number of nitrogens with zero attached hydrogens (tertiary/aromatic N) is 1. The number of likely N-dealkylation sites (tertiary alicyclic amines) is 1. The highest BCUT2D eigenvalue weighted by Crippen LogP contribution is 2.44. The van der Waals surface area contributed by atoms with Gasteiger partial charge in [0.25, 0.3) is 0 Å². The number of carbonyl (C=O) groups is 1. The first kappa shape index (κ1) is 23.7. The van der Waals surface area contributed by atoms with Gasteiger partial charge in [-0.25, -0.2) is 0 Å². The summed E-state index contributed by atoms with van der Waals surface area (Å²) in [4.78, 5) is 13.8. The summed E-state index contributed by atoms with van der Waals surface area (Å²) in [5.74, 6) is 1.80. The summed E-state index contributed by atoms with van der Waals surface area (Å²) in [6.07, 6.45) is 1.19. The molecule has 2 aromatic rings. The summed E-state index contributed by atoms with van der Waals surface area (Å²) in [5.41, 5.74) is 1.92. The molecule has 1 saturated heterocycles. The largest absolute Gasteiger partial charge is 0.496 e. The van der Waals surface area contributed by atoms with E-state index in [0.29, 0.717) is 50.6 Å². The minimum Gasteiger partial charge on any atom is -0.496 e. The molecule has 0 radical (unpaired) electrons. The van der Waals surface area contributed by atoms with Gasteiger partial charge in [-0.3, -0.25) is 9.69 Å². The van der Waals surface area contributed by atoms with Crippen molar-refractivity contribution in [2.24, 2.45) is 5.92 Å². The predicted molar refractivity (Wildman–Crippen MR) is 122 cm³/mol. The van der Waals surface area contributed by atoms with Crippen molar-refractivity contribution in [2.75, 3.05) is 40.5 Å². The molecule has 0 aliphatic carbocycles. The number of methoxy groups -OCH3 is 2. The lowest BCUT2D eigenvalue weighted by Crippen LogP contribution is -2.39. The molecule has 0 aromatic heterocycles. The number of aliphatic carboxylic acids is 1. The molecule has 0 saturated carbocycles. The van der Waals surface area contributed by atoms with Crippen molar-refractivity contribution < 1.29 is 28.8 Å². The fourth-order valence-corrected chi connectivity index (χ4v) is 4.35. The second kappa shape index (κ2) is 11.1. The highest BCUT2D eigenvalue weighted by Gasteiger charge is 2.33. The van der Waals surface area contributed by atoms with Gasteiger partial charge in [-0.1, -0.05) is 12.1 Å². The summed E-state index contributed by atoms with van der Waals surface area (Å²) in [6, 6.07) is 11.5. The number of carboxylic acids is 1. The Morgan fingerprint density at radius 1 is 0.969 bits per heavy atom. The van der Waals surface area contributed by atoms with E-state index in [1.807, 2.05) is 50.2 Å². The van der Waals surface area contributed by atoms with Gasteiger partial charge < -0.3 is 24.1 Å². The number of ether oxygens (including phenoxy) is 4. The number of rotatable bonds is 10. The molecule has 1 aliphatic rings. The van der Waals surface area contributed by atoms with E-state index in [4.69, 9.17) is 18.9 Å². The van der Waals surface area contributed by atoms with Crippen LogP contribution in [0.5, 0.6) is 23.0 Å². The number of hydrogen-bond acceptors (Lipinski definition) is 6. The third kappa shape index (κ3) is 5.10. The minimum absolute atomic E-state index is 0.189. The quantitative estimate of drug-likeness (QED) is 0.584. The van der Waals surface area contributed by atoms with Gasteiger partial charge in [-0.2, -0.15) is 0 Å². The Kier molecular flexibility index (Phi) is 8.22. The molecule has 0 amide bonds. The lowest BCUT2D eigenvalue weighted by Gasteiger charge is -2.38. The number of piperidine rings is 1. The smallest absolute Gasteiger partial charge is 0.306 e. The van der Waals surface area contributed by atoms with E-state index in [1.165, 1.54) is 0 Å². The Morgan fingerprint density at radius 3 is 2.09 bits per heavy atom. The van der Waals surface area contributed by atoms with Crippen molar-refractivity contribution >= 4 is 5.97 Å². The fourth-order valence-electron chi connectivity index (χ4n) is 4.35. The molecule has 2 aromatic carbocycles. The zero-order chi connectivity index (χ0) is 23.1. The first-order chi connectivity index (χ1) is 15.5. The number of carboxylic acid groups (broad SMARTS) is 1. The molecule has 1 N–H and O–H groups in total. The number of hydrogen-bond donors (Lipinski definition) is 1.